The van der Waals surface area contributed by atoms with Gasteiger partial charge in [-0.05, 0) is 24.6 Å². The first kappa shape index (κ1) is 17.3. The predicted molar refractivity (Wildman–Crippen MR) is 97.3 cm³/mol. The molecule has 2 aromatic rings. The minimum atomic E-state index is -0.196. The number of aromatic nitrogens is 2. The average molecular weight is 384 g/mol. The molecular weight excluding hydrogens is 369 g/mol. The summed E-state index contributed by atoms with van der Waals surface area (Å²) < 4.78 is 1.61. The van der Waals surface area contributed by atoms with Crippen LogP contribution in [0.5, 0.6) is 0 Å². The van der Waals surface area contributed by atoms with Gasteiger partial charge in [0.15, 0.2) is 5.16 Å². The van der Waals surface area contributed by atoms with Gasteiger partial charge in [0.2, 0.25) is 5.91 Å². The van der Waals surface area contributed by atoms with Crippen LogP contribution in [0.25, 0.3) is 0 Å². The lowest BCUT2D eigenvalue weighted by Gasteiger charge is -2.13. The Kier molecular flexibility index (Phi) is 5.18. The third kappa shape index (κ3) is 3.61. The number of aryl methyl sites for hydroxylation is 1. The van der Waals surface area contributed by atoms with E-state index in [1.54, 1.807) is 28.8 Å². The zero-order valence-electron chi connectivity index (χ0n) is 12.9. The van der Waals surface area contributed by atoms with Crippen molar-refractivity contribution in [3.63, 3.8) is 0 Å². The van der Waals surface area contributed by atoms with Gasteiger partial charge in [-0.3, -0.25) is 14.2 Å². The molecule has 1 aliphatic rings. The second-order valence-electron chi connectivity index (χ2n) is 5.44. The molecule has 0 saturated carbocycles. The number of carbonyl (C=O) groups is 1. The zero-order chi connectivity index (χ0) is 17.3. The molecule has 8 heteroatoms. The Morgan fingerprint density at radius 3 is 2.88 bits per heavy atom. The highest BCUT2D eigenvalue weighted by atomic mass is 35.5. The number of hydrogen-bond acceptors (Lipinski definition) is 4. The van der Waals surface area contributed by atoms with Crippen LogP contribution < -0.4 is 10.9 Å². The Bertz CT molecular complexity index is 854. The Hall–Kier alpha value is -1.50. The van der Waals surface area contributed by atoms with E-state index in [1.807, 2.05) is 6.92 Å². The molecule has 0 spiro atoms. The monoisotopic (exact) mass is 383 g/mol. The molecule has 0 fully saturated rings. The van der Waals surface area contributed by atoms with Crippen LogP contribution in [0.2, 0.25) is 10.0 Å². The summed E-state index contributed by atoms with van der Waals surface area (Å²) in [6, 6.07) is 6.25. The van der Waals surface area contributed by atoms with Crippen molar-refractivity contribution in [3.8, 4) is 0 Å². The third-order valence-corrected chi connectivity index (χ3v) is 5.57. The van der Waals surface area contributed by atoms with Gasteiger partial charge >= 0.3 is 0 Å². The zero-order valence-corrected chi connectivity index (χ0v) is 15.2. The molecule has 1 aliphatic heterocycles. The number of fused-ring (bicyclic) bond motifs is 1. The maximum absolute atomic E-state index is 12.3. The van der Waals surface area contributed by atoms with E-state index in [1.165, 1.54) is 11.8 Å². The van der Waals surface area contributed by atoms with Crippen molar-refractivity contribution in [1.82, 2.24) is 9.55 Å². The molecule has 0 aliphatic carbocycles. The quantitative estimate of drug-likeness (QED) is 0.815. The highest BCUT2D eigenvalue weighted by Gasteiger charge is 2.27. The minimum Gasteiger partial charge on any atom is -0.326 e. The van der Waals surface area contributed by atoms with E-state index in [2.05, 4.69) is 10.3 Å². The fraction of sp³-hybridized carbons (Fsp3) is 0.312. The smallest absolute Gasteiger partial charge is 0.254 e. The Morgan fingerprint density at radius 2 is 2.17 bits per heavy atom. The summed E-state index contributed by atoms with van der Waals surface area (Å²) in [6.07, 6.45) is 0.916. The molecule has 0 saturated heterocycles. The maximum atomic E-state index is 12.3. The van der Waals surface area contributed by atoms with Crippen molar-refractivity contribution in [2.24, 2.45) is 0 Å². The number of anilines is 1. The number of carbonyl (C=O) groups excluding carboxylic acids is 1. The van der Waals surface area contributed by atoms with Crippen molar-refractivity contribution in [2.75, 3.05) is 11.1 Å². The highest BCUT2D eigenvalue weighted by molar-refractivity contribution is 7.99. The number of hydrogen-bond donors (Lipinski definition) is 1. The number of rotatable bonds is 4. The first-order chi connectivity index (χ1) is 11.5. The minimum absolute atomic E-state index is 0.103. The van der Waals surface area contributed by atoms with Crippen LogP contribution in [-0.4, -0.2) is 21.2 Å². The van der Waals surface area contributed by atoms with Crippen molar-refractivity contribution < 1.29 is 4.79 Å². The van der Waals surface area contributed by atoms with Crippen LogP contribution in [0.4, 0.5) is 5.69 Å². The fourth-order valence-electron chi connectivity index (χ4n) is 2.53. The normalized spacial score (nSPS) is 16.0. The SMILES string of the molecule is CCc1cc(=O)n2c(n1)SCC2CC(=O)Nc1ccc(Cl)c(Cl)c1. The van der Waals surface area contributed by atoms with Gasteiger partial charge in [-0.25, -0.2) is 4.98 Å². The molecule has 5 nitrogen and oxygen atoms in total. The number of nitrogens with zero attached hydrogens (tertiary/aromatic N) is 2. The summed E-state index contributed by atoms with van der Waals surface area (Å²) in [6.45, 7) is 1.96. The van der Waals surface area contributed by atoms with E-state index in [0.717, 1.165) is 5.69 Å². The first-order valence-corrected chi connectivity index (χ1v) is 9.22. The second-order valence-corrected chi connectivity index (χ2v) is 7.24. The van der Waals surface area contributed by atoms with Gasteiger partial charge in [0.05, 0.1) is 16.1 Å². The van der Waals surface area contributed by atoms with E-state index in [4.69, 9.17) is 23.2 Å². The molecule has 1 atom stereocenters. The summed E-state index contributed by atoms with van der Waals surface area (Å²) >= 11 is 13.3. The molecule has 126 valence electrons. The van der Waals surface area contributed by atoms with Crippen LogP contribution in [0.3, 0.4) is 0 Å². The third-order valence-electron chi connectivity index (χ3n) is 3.73. The largest absolute Gasteiger partial charge is 0.326 e. The van der Waals surface area contributed by atoms with Crippen molar-refractivity contribution in [3.05, 3.63) is 50.4 Å². The topological polar surface area (TPSA) is 64.0 Å². The molecule has 3 rings (SSSR count). The molecule has 1 unspecified atom stereocenters. The van der Waals surface area contributed by atoms with Crippen LogP contribution >= 0.6 is 35.0 Å². The number of halogens is 2. The standard InChI is InChI=1S/C16H15Cl2N3O2S/c1-2-9-6-15(23)21-11(8-24-16(21)20-9)7-14(22)19-10-3-4-12(17)13(18)5-10/h3-6,11H,2,7-8H2,1H3,(H,19,22). The average Bonchev–Trinajstić information content (AvgIpc) is 2.94. The Morgan fingerprint density at radius 1 is 1.38 bits per heavy atom. The van der Waals surface area contributed by atoms with Gasteiger partial charge < -0.3 is 5.32 Å². The van der Waals surface area contributed by atoms with E-state index in [9.17, 15) is 9.59 Å². The van der Waals surface area contributed by atoms with E-state index < -0.39 is 0 Å². The van der Waals surface area contributed by atoms with Crippen LogP contribution in [0, 0.1) is 0 Å². The number of benzene rings is 1. The van der Waals surface area contributed by atoms with Gasteiger partial charge in [0.25, 0.3) is 5.56 Å². The van der Waals surface area contributed by atoms with Gasteiger partial charge in [-0.1, -0.05) is 41.9 Å². The number of thioether (sulfide) groups is 1. The van der Waals surface area contributed by atoms with E-state index in [-0.39, 0.29) is 23.9 Å². The summed E-state index contributed by atoms with van der Waals surface area (Å²) in [4.78, 5) is 29.0. The van der Waals surface area contributed by atoms with E-state index in [0.29, 0.717) is 33.1 Å². The molecule has 0 radical (unpaired) electrons. The van der Waals surface area contributed by atoms with Crippen molar-refractivity contribution in [1.29, 1.82) is 0 Å². The van der Waals surface area contributed by atoms with E-state index >= 15 is 0 Å². The fourth-order valence-corrected chi connectivity index (χ4v) is 4.00. The molecule has 1 aromatic carbocycles. The van der Waals surface area contributed by atoms with Crippen LogP contribution in [-0.2, 0) is 11.2 Å². The lowest BCUT2D eigenvalue weighted by Crippen LogP contribution is -2.27. The van der Waals surface area contributed by atoms with Gasteiger partial charge in [0, 0.05) is 29.6 Å². The molecule has 1 amide bonds. The lowest BCUT2D eigenvalue weighted by molar-refractivity contribution is -0.116. The summed E-state index contributed by atoms with van der Waals surface area (Å²) in [5.74, 6) is 0.475. The Balaban J connectivity index is 1.73. The maximum Gasteiger partial charge on any atom is 0.254 e. The highest BCUT2D eigenvalue weighted by Crippen LogP contribution is 2.32. The lowest BCUT2D eigenvalue weighted by atomic mass is 10.2. The molecule has 0 bridgehead atoms. The molecule has 1 N–H and O–H groups in total. The van der Waals surface area contributed by atoms with Gasteiger partial charge in [-0.2, -0.15) is 0 Å². The van der Waals surface area contributed by atoms with Crippen LogP contribution in [0.1, 0.15) is 25.1 Å². The van der Waals surface area contributed by atoms with Gasteiger partial charge in [-0.15, -0.1) is 0 Å². The number of nitrogens with one attached hydrogen (secondary N) is 1. The molecule has 2 heterocycles. The van der Waals surface area contributed by atoms with Crippen molar-refractivity contribution >= 4 is 46.6 Å². The van der Waals surface area contributed by atoms with Crippen LogP contribution in [0.15, 0.2) is 34.2 Å². The summed E-state index contributed by atoms with van der Waals surface area (Å²) in [7, 11) is 0. The number of amides is 1. The molecule has 24 heavy (non-hydrogen) atoms. The van der Waals surface area contributed by atoms with Crippen molar-refractivity contribution in [2.45, 2.75) is 31.0 Å². The van der Waals surface area contributed by atoms with Gasteiger partial charge in [0.1, 0.15) is 0 Å². The molecular formula is C16H15Cl2N3O2S. The molecule has 1 aromatic heterocycles. The Labute approximate surface area is 153 Å². The summed E-state index contributed by atoms with van der Waals surface area (Å²) in [5.41, 5.74) is 1.25. The summed E-state index contributed by atoms with van der Waals surface area (Å²) in [5, 5.41) is 4.28. The first-order valence-electron chi connectivity index (χ1n) is 7.48. The second kappa shape index (κ2) is 7.17. The predicted octanol–water partition coefficient (Wildman–Crippen LogP) is 3.79.